The first-order valence-electron chi connectivity index (χ1n) is 10.5. The number of rotatable bonds is 9. The van der Waals surface area contributed by atoms with E-state index < -0.39 is 0 Å². The smallest absolute Gasteiger partial charge is 0.251 e. The van der Waals surface area contributed by atoms with Crippen LogP contribution in [0, 0.1) is 0 Å². The van der Waals surface area contributed by atoms with Gasteiger partial charge in [0.15, 0.2) is 0 Å². The van der Waals surface area contributed by atoms with E-state index in [4.69, 9.17) is 0 Å². The van der Waals surface area contributed by atoms with E-state index in [0.29, 0.717) is 24.4 Å². The number of aromatic nitrogens is 2. The Labute approximate surface area is 186 Å². The minimum absolute atomic E-state index is 0.00324. The Morgan fingerprint density at radius 1 is 1.10 bits per heavy atom. The molecule has 1 aliphatic rings. The number of benzene rings is 2. The lowest BCUT2D eigenvalue weighted by Gasteiger charge is -2.24. The van der Waals surface area contributed by atoms with Crippen molar-refractivity contribution in [2.24, 2.45) is 0 Å². The number of hydrogen-bond donors (Lipinski definition) is 1. The van der Waals surface area contributed by atoms with Gasteiger partial charge < -0.3 is 14.8 Å². The zero-order valence-electron chi connectivity index (χ0n) is 17.3. The van der Waals surface area contributed by atoms with Crippen molar-refractivity contribution < 1.29 is 9.59 Å². The van der Waals surface area contributed by atoms with Crippen LogP contribution in [0.2, 0.25) is 0 Å². The molecule has 4 rings (SSSR count). The summed E-state index contributed by atoms with van der Waals surface area (Å²) in [4.78, 5) is 30.8. The van der Waals surface area contributed by atoms with Crippen molar-refractivity contribution in [1.82, 2.24) is 19.8 Å². The molecule has 6 nitrogen and oxygen atoms in total. The number of carbonyl (C=O) groups excluding carboxylic acids is 2. The lowest BCUT2D eigenvalue weighted by atomic mass is 10.1. The molecular formula is C24H26N4O2S. The Balaban J connectivity index is 1.30. The number of hydrogen-bond acceptors (Lipinski definition) is 4. The standard InChI is InChI=1S/C24H26N4O2S/c29-22-17-31-24(28(22)15-11-19-5-2-1-3-6-19)21-9-7-20(8-10-21)23(30)26-12-4-14-27-16-13-25-18-27/h1-3,5-10,13,16,18,24H,4,11-12,14-15,17H2,(H,26,30)/t24-/m1/s1. The zero-order valence-corrected chi connectivity index (χ0v) is 18.1. The van der Waals surface area contributed by atoms with Crippen molar-refractivity contribution >= 4 is 23.6 Å². The van der Waals surface area contributed by atoms with Gasteiger partial charge in [0.2, 0.25) is 5.91 Å². The quantitative estimate of drug-likeness (QED) is 0.523. The van der Waals surface area contributed by atoms with Gasteiger partial charge in [-0.15, -0.1) is 11.8 Å². The summed E-state index contributed by atoms with van der Waals surface area (Å²) in [5.74, 6) is 0.595. The van der Waals surface area contributed by atoms with Gasteiger partial charge in [-0.2, -0.15) is 0 Å². The molecule has 0 spiro atoms. The van der Waals surface area contributed by atoms with Crippen molar-refractivity contribution in [2.45, 2.75) is 24.8 Å². The van der Waals surface area contributed by atoms with Crippen LogP contribution < -0.4 is 5.32 Å². The molecule has 2 amide bonds. The number of thioether (sulfide) groups is 1. The average Bonchev–Trinajstić information content (AvgIpc) is 3.46. The first-order chi connectivity index (χ1) is 15.2. The largest absolute Gasteiger partial charge is 0.352 e. The van der Waals surface area contributed by atoms with E-state index in [1.807, 2.05) is 58.1 Å². The predicted molar refractivity (Wildman–Crippen MR) is 123 cm³/mol. The molecule has 1 N–H and O–H groups in total. The summed E-state index contributed by atoms with van der Waals surface area (Å²) in [6.07, 6.45) is 7.12. The third-order valence-electron chi connectivity index (χ3n) is 5.35. The van der Waals surface area contributed by atoms with Gasteiger partial charge in [-0.3, -0.25) is 9.59 Å². The van der Waals surface area contributed by atoms with E-state index >= 15 is 0 Å². The maximum atomic E-state index is 12.4. The molecule has 1 saturated heterocycles. The molecule has 31 heavy (non-hydrogen) atoms. The Morgan fingerprint density at radius 2 is 1.90 bits per heavy atom. The molecule has 0 bridgehead atoms. The summed E-state index contributed by atoms with van der Waals surface area (Å²) in [5, 5.41) is 2.97. The number of nitrogens with zero attached hydrogens (tertiary/aromatic N) is 3. The summed E-state index contributed by atoms with van der Waals surface area (Å²) in [7, 11) is 0. The molecule has 1 aliphatic heterocycles. The van der Waals surface area contributed by atoms with E-state index in [1.54, 1.807) is 24.3 Å². The molecule has 2 heterocycles. The molecule has 160 valence electrons. The monoisotopic (exact) mass is 434 g/mol. The van der Waals surface area contributed by atoms with E-state index in [0.717, 1.165) is 24.9 Å². The van der Waals surface area contributed by atoms with Gasteiger partial charge in [0.25, 0.3) is 5.91 Å². The lowest BCUT2D eigenvalue weighted by Crippen LogP contribution is -2.30. The molecule has 1 atom stereocenters. The number of imidazole rings is 1. The van der Waals surface area contributed by atoms with Crippen molar-refractivity contribution in [3.63, 3.8) is 0 Å². The Hall–Kier alpha value is -3.06. The Kier molecular flexibility index (Phi) is 7.04. The van der Waals surface area contributed by atoms with Crippen molar-refractivity contribution in [3.05, 3.63) is 90.0 Å². The number of nitrogens with one attached hydrogen (secondary N) is 1. The maximum Gasteiger partial charge on any atom is 0.251 e. The van der Waals surface area contributed by atoms with Gasteiger partial charge in [0.1, 0.15) is 5.37 Å². The van der Waals surface area contributed by atoms with Crippen LogP contribution in [-0.4, -0.2) is 45.1 Å². The third kappa shape index (κ3) is 5.55. The van der Waals surface area contributed by atoms with Crippen LogP contribution in [0.5, 0.6) is 0 Å². The first-order valence-corrected chi connectivity index (χ1v) is 11.5. The second-order valence-corrected chi connectivity index (χ2v) is 8.59. The summed E-state index contributed by atoms with van der Waals surface area (Å²) >= 11 is 1.64. The minimum atomic E-state index is -0.0757. The van der Waals surface area contributed by atoms with Crippen LogP contribution in [0.4, 0.5) is 0 Å². The fourth-order valence-corrected chi connectivity index (χ4v) is 4.87. The van der Waals surface area contributed by atoms with Gasteiger partial charge in [-0.1, -0.05) is 42.5 Å². The molecular weight excluding hydrogens is 408 g/mol. The van der Waals surface area contributed by atoms with Gasteiger partial charge in [-0.05, 0) is 36.1 Å². The van der Waals surface area contributed by atoms with E-state index in [1.165, 1.54) is 5.56 Å². The topological polar surface area (TPSA) is 67.2 Å². The Bertz CT molecular complexity index is 990. The summed E-state index contributed by atoms with van der Waals surface area (Å²) in [5.41, 5.74) is 2.92. The lowest BCUT2D eigenvalue weighted by molar-refractivity contribution is -0.128. The molecule has 1 aromatic heterocycles. The molecule has 3 aromatic rings. The maximum absolute atomic E-state index is 12.4. The van der Waals surface area contributed by atoms with Crippen molar-refractivity contribution in [3.8, 4) is 0 Å². The Morgan fingerprint density at radius 3 is 2.65 bits per heavy atom. The number of amides is 2. The normalized spacial score (nSPS) is 15.9. The van der Waals surface area contributed by atoms with Crippen molar-refractivity contribution in [2.75, 3.05) is 18.8 Å². The second kappa shape index (κ2) is 10.3. The minimum Gasteiger partial charge on any atom is -0.352 e. The molecule has 1 fully saturated rings. The highest BCUT2D eigenvalue weighted by molar-refractivity contribution is 8.00. The van der Waals surface area contributed by atoms with E-state index in [-0.39, 0.29) is 17.2 Å². The molecule has 0 unspecified atom stereocenters. The highest BCUT2D eigenvalue weighted by Crippen LogP contribution is 2.38. The average molecular weight is 435 g/mol. The predicted octanol–water partition coefficient (Wildman–Crippen LogP) is 3.52. The van der Waals surface area contributed by atoms with Crippen LogP contribution >= 0.6 is 11.8 Å². The third-order valence-corrected chi connectivity index (χ3v) is 6.60. The van der Waals surface area contributed by atoms with E-state index in [2.05, 4.69) is 22.4 Å². The first kappa shape index (κ1) is 21.2. The molecule has 7 heteroatoms. The molecule has 0 saturated carbocycles. The summed E-state index contributed by atoms with van der Waals surface area (Å²) < 4.78 is 1.99. The SMILES string of the molecule is O=C(NCCCn1ccnc1)c1ccc([C@H]2SCC(=O)N2CCc2ccccc2)cc1. The van der Waals surface area contributed by atoms with Gasteiger partial charge in [-0.25, -0.2) is 4.98 Å². The molecule has 0 radical (unpaired) electrons. The van der Waals surface area contributed by atoms with Crippen LogP contribution in [0.3, 0.4) is 0 Å². The van der Waals surface area contributed by atoms with Crippen molar-refractivity contribution in [1.29, 1.82) is 0 Å². The van der Waals surface area contributed by atoms with Gasteiger partial charge >= 0.3 is 0 Å². The summed E-state index contributed by atoms with van der Waals surface area (Å²) in [6.45, 7) is 2.13. The number of carbonyl (C=O) groups is 2. The highest BCUT2D eigenvalue weighted by Gasteiger charge is 2.32. The van der Waals surface area contributed by atoms with Crippen LogP contribution in [0.25, 0.3) is 0 Å². The second-order valence-electron chi connectivity index (χ2n) is 7.52. The number of aryl methyl sites for hydroxylation is 1. The fourth-order valence-electron chi connectivity index (χ4n) is 3.65. The molecule has 0 aliphatic carbocycles. The van der Waals surface area contributed by atoms with Crippen LogP contribution in [0.15, 0.2) is 73.3 Å². The van der Waals surface area contributed by atoms with Gasteiger partial charge in [0.05, 0.1) is 12.1 Å². The molecule has 2 aromatic carbocycles. The van der Waals surface area contributed by atoms with Crippen LogP contribution in [0.1, 0.15) is 33.3 Å². The summed E-state index contributed by atoms with van der Waals surface area (Å²) in [6, 6.07) is 17.8. The van der Waals surface area contributed by atoms with Gasteiger partial charge in [0, 0.05) is 37.6 Å². The highest BCUT2D eigenvalue weighted by atomic mass is 32.2. The zero-order chi connectivity index (χ0) is 21.5. The van der Waals surface area contributed by atoms with E-state index in [9.17, 15) is 9.59 Å². The fraction of sp³-hybridized carbons (Fsp3) is 0.292. The van der Waals surface area contributed by atoms with Crippen LogP contribution in [-0.2, 0) is 17.8 Å².